The first-order chi connectivity index (χ1) is 10.2. The van der Waals surface area contributed by atoms with E-state index in [4.69, 9.17) is 4.74 Å². The molecular formula is C15H20F4O3. The van der Waals surface area contributed by atoms with E-state index >= 15 is 0 Å². The number of hydrogen-bond acceptors (Lipinski definition) is 3. The Balaban J connectivity index is 1.65. The van der Waals surface area contributed by atoms with Gasteiger partial charge in [-0.05, 0) is 50.4 Å². The minimum atomic E-state index is -3.44. The quantitative estimate of drug-likeness (QED) is 0.625. The molecule has 0 aromatic rings. The number of hydrogen-bond donors (Lipinski definition) is 1. The Kier molecular flexibility index (Phi) is 3.90. The molecule has 3 nitrogen and oxygen atoms in total. The average molecular weight is 324 g/mol. The highest BCUT2D eigenvalue weighted by Gasteiger charge is 2.57. The standard InChI is InChI=1S/C15H20F4O3/c16-11(17)10(12(18)19)13(20)22-7-14-2-8-1-9(3-14)5-15(21,4-8)6-14/h8-12,21H,1-7H2. The summed E-state index contributed by atoms with van der Waals surface area (Å²) >= 11 is 0. The zero-order valence-electron chi connectivity index (χ0n) is 12.1. The molecule has 0 spiro atoms. The molecule has 0 radical (unpaired) electrons. The van der Waals surface area contributed by atoms with Crippen molar-refractivity contribution in [2.24, 2.45) is 23.2 Å². The van der Waals surface area contributed by atoms with Gasteiger partial charge in [0.25, 0.3) is 12.9 Å². The summed E-state index contributed by atoms with van der Waals surface area (Å²) in [6.45, 7) is -0.142. The van der Waals surface area contributed by atoms with Crippen LogP contribution in [0.25, 0.3) is 0 Å². The van der Waals surface area contributed by atoms with Gasteiger partial charge in [-0.3, -0.25) is 4.79 Å². The summed E-state index contributed by atoms with van der Waals surface area (Å²) in [4.78, 5) is 11.6. The van der Waals surface area contributed by atoms with Crippen LogP contribution in [0.4, 0.5) is 17.6 Å². The van der Waals surface area contributed by atoms with Gasteiger partial charge in [0.05, 0.1) is 12.2 Å². The van der Waals surface area contributed by atoms with Crippen molar-refractivity contribution in [3.63, 3.8) is 0 Å². The zero-order chi connectivity index (χ0) is 16.1. The summed E-state index contributed by atoms with van der Waals surface area (Å²) in [6.07, 6.45) is -2.37. The highest BCUT2D eigenvalue weighted by Crippen LogP contribution is 2.61. The lowest BCUT2D eigenvalue weighted by molar-refractivity contribution is -0.193. The van der Waals surface area contributed by atoms with Crippen molar-refractivity contribution in [1.82, 2.24) is 0 Å². The van der Waals surface area contributed by atoms with Gasteiger partial charge in [-0.2, -0.15) is 0 Å². The first-order valence-corrected chi connectivity index (χ1v) is 7.67. The summed E-state index contributed by atoms with van der Waals surface area (Å²) in [5, 5.41) is 10.5. The summed E-state index contributed by atoms with van der Waals surface area (Å²) in [6, 6.07) is 0. The predicted octanol–water partition coefficient (Wildman–Crippen LogP) is 3.01. The maximum Gasteiger partial charge on any atom is 0.320 e. The van der Waals surface area contributed by atoms with Crippen molar-refractivity contribution in [3.05, 3.63) is 0 Å². The Hall–Kier alpha value is -0.850. The number of ether oxygens (including phenoxy) is 1. The summed E-state index contributed by atoms with van der Waals surface area (Å²) in [7, 11) is 0. The van der Waals surface area contributed by atoms with E-state index in [1.807, 2.05) is 0 Å². The largest absolute Gasteiger partial charge is 0.465 e. The molecule has 126 valence electrons. The lowest BCUT2D eigenvalue weighted by atomic mass is 9.48. The smallest absolute Gasteiger partial charge is 0.320 e. The van der Waals surface area contributed by atoms with E-state index in [1.165, 1.54) is 0 Å². The third-order valence-corrected chi connectivity index (χ3v) is 5.49. The monoisotopic (exact) mass is 324 g/mol. The first kappa shape index (κ1) is 16.0. The van der Waals surface area contributed by atoms with Crippen LogP contribution in [-0.4, -0.2) is 36.1 Å². The number of esters is 1. The number of halogens is 4. The van der Waals surface area contributed by atoms with Crippen LogP contribution < -0.4 is 0 Å². The molecule has 4 rings (SSSR count). The molecule has 4 saturated carbocycles. The van der Waals surface area contributed by atoms with Gasteiger partial charge in [-0.25, -0.2) is 17.6 Å². The maximum atomic E-state index is 12.5. The topological polar surface area (TPSA) is 46.5 Å². The predicted molar refractivity (Wildman–Crippen MR) is 68.5 cm³/mol. The van der Waals surface area contributed by atoms with Crippen LogP contribution in [0.3, 0.4) is 0 Å². The summed E-state index contributed by atoms with van der Waals surface area (Å²) < 4.78 is 54.9. The van der Waals surface area contributed by atoms with E-state index in [0.717, 1.165) is 32.1 Å². The lowest BCUT2D eigenvalue weighted by Gasteiger charge is -2.59. The van der Waals surface area contributed by atoms with Crippen molar-refractivity contribution < 1.29 is 32.2 Å². The van der Waals surface area contributed by atoms with Crippen LogP contribution in [0.2, 0.25) is 0 Å². The highest BCUT2D eigenvalue weighted by atomic mass is 19.3. The van der Waals surface area contributed by atoms with Gasteiger partial charge in [0.2, 0.25) is 0 Å². The molecule has 2 unspecified atom stereocenters. The van der Waals surface area contributed by atoms with Crippen LogP contribution in [0.15, 0.2) is 0 Å². The Morgan fingerprint density at radius 2 is 1.64 bits per heavy atom. The average Bonchev–Trinajstić information content (AvgIpc) is 2.32. The molecule has 4 aliphatic rings. The van der Waals surface area contributed by atoms with Crippen molar-refractivity contribution >= 4 is 5.97 Å². The Morgan fingerprint density at radius 3 is 2.09 bits per heavy atom. The van der Waals surface area contributed by atoms with E-state index in [1.54, 1.807) is 0 Å². The molecule has 0 saturated heterocycles. The van der Waals surface area contributed by atoms with Crippen molar-refractivity contribution in [3.8, 4) is 0 Å². The highest BCUT2D eigenvalue weighted by molar-refractivity contribution is 5.73. The van der Waals surface area contributed by atoms with Crippen molar-refractivity contribution in [1.29, 1.82) is 0 Å². The molecule has 2 atom stereocenters. The number of alkyl halides is 4. The zero-order valence-corrected chi connectivity index (χ0v) is 12.1. The van der Waals surface area contributed by atoms with Crippen LogP contribution in [0.1, 0.15) is 38.5 Å². The molecule has 1 N–H and O–H groups in total. The second-order valence-electron chi connectivity index (χ2n) is 7.49. The SMILES string of the molecule is O=C(OCC12CC3CC(CC(O)(C3)C1)C2)C(C(F)F)C(F)F. The van der Waals surface area contributed by atoms with Crippen molar-refractivity contribution in [2.75, 3.05) is 6.61 Å². The molecule has 7 heteroatoms. The van der Waals surface area contributed by atoms with Crippen LogP contribution >= 0.6 is 0 Å². The first-order valence-electron chi connectivity index (χ1n) is 7.67. The van der Waals surface area contributed by atoms with E-state index < -0.39 is 35.8 Å². The molecule has 4 aliphatic carbocycles. The molecule has 0 amide bonds. The van der Waals surface area contributed by atoms with E-state index in [0.29, 0.717) is 18.3 Å². The molecule has 0 aromatic heterocycles. The molecule has 22 heavy (non-hydrogen) atoms. The molecule has 4 fully saturated rings. The fourth-order valence-corrected chi connectivity index (χ4v) is 5.21. The van der Waals surface area contributed by atoms with Crippen LogP contribution in [0.5, 0.6) is 0 Å². The number of carbonyl (C=O) groups excluding carboxylic acids is 1. The normalized spacial score (nSPS) is 40.0. The van der Waals surface area contributed by atoms with Gasteiger partial charge in [0.15, 0.2) is 5.92 Å². The number of carbonyl (C=O) groups is 1. The maximum absolute atomic E-state index is 12.5. The number of rotatable bonds is 5. The van der Waals surface area contributed by atoms with Crippen LogP contribution in [-0.2, 0) is 9.53 Å². The fourth-order valence-electron chi connectivity index (χ4n) is 5.21. The van der Waals surface area contributed by atoms with E-state index in [9.17, 15) is 27.5 Å². The third-order valence-electron chi connectivity index (χ3n) is 5.49. The molecule has 0 heterocycles. The van der Waals surface area contributed by atoms with Gasteiger partial charge >= 0.3 is 5.97 Å². The van der Waals surface area contributed by atoms with Gasteiger partial charge in [-0.1, -0.05) is 0 Å². The van der Waals surface area contributed by atoms with E-state index in [2.05, 4.69) is 0 Å². The Bertz CT molecular complexity index is 432. The van der Waals surface area contributed by atoms with Gasteiger partial charge in [-0.15, -0.1) is 0 Å². The Labute approximate surface area is 126 Å². The minimum absolute atomic E-state index is 0.142. The summed E-state index contributed by atoms with van der Waals surface area (Å²) in [5.74, 6) is -3.51. The Morgan fingerprint density at radius 1 is 1.09 bits per heavy atom. The summed E-state index contributed by atoms with van der Waals surface area (Å²) in [5.41, 5.74) is -1.19. The second kappa shape index (κ2) is 5.35. The van der Waals surface area contributed by atoms with Crippen molar-refractivity contribution in [2.45, 2.75) is 57.0 Å². The molecule has 0 aliphatic heterocycles. The van der Waals surface area contributed by atoms with Crippen LogP contribution in [0, 0.1) is 23.2 Å². The van der Waals surface area contributed by atoms with Gasteiger partial charge in [0, 0.05) is 5.41 Å². The van der Waals surface area contributed by atoms with Gasteiger partial charge in [0.1, 0.15) is 0 Å². The molecule has 0 aromatic carbocycles. The molecule has 4 bridgehead atoms. The minimum Gasteiger partial charge on any atom is -0.465 e. The molecular weight excluding hydrogens is 304 g/mol. The fraction of sp³-hybridized carbons (Fsp3) is 0.933. The number of aliphatic hydroxyl groups is 1. The van der Waals surface area contributed by atoms with Gasteiger partial charge < -0.3 is 9.84 Å². The third kappa shape index (κ3) is 2.84. The lowest BCUT2D eigenvalue weighted by Crippen LogP contribution is -2.57. The second-order valence-corrected chi connectivity index (χ2v) is 7.49. The van der Waals surface area contributed by atoms with E-state index in [-0.39, 0.29) is 6.61 Å².